The Morgan fingerprint density at radius 3 is 2.53 bits per heavy atom. The number of nitrogens with zero attached hydrogens (tertiary/aromatic N) is 2. The van der Waals surface area contributed by atoms with Crippen LogP contribution in [0.3, 0.4) is 0 Å². The number of aliphatic hydroxyl groups excluding tert-OH is 1. The fourth-order valence-electron chi connectivity index (χ4n) is 2.48. The van der Waals surface area contributed by atoms with Crippen LogP contribution in [-0.2, 0) is 4.79 Å². The van der Waals surface area contributed by atoms with Gasteiger partial charge >= 0.3 is 0 Å². The lowest BCUT2D eigenvalue weighted by atomic mass is 10.2. The third kappa shape index (κ3) is 1.60. The summed E-state index contributed by atoms with van der Waals surface area (Å²) in [5.74, 6) is -0.150. The molecule has 0 spiro atoms. The van der Waals surface area contributed by atoms with E-state index in [2.05, 4.69) is 6.07 Å². The molecule has 1 atom stereocenters. The number of carbonyl (C=O) groups is 1. The molecule has 1 aromatic heterocycles. The Morgan fingerprint density at radius 2 is 1.89 bits per heavy atom. The van der Waals surface area contributed by atoms with Crippen molar-refractivity contribution in [3.8, 4) is 0 Å². The molecule has 1 aromatic carbocycles. The molecule has 0 radical (unpaired) electrons. The van der Waals surface area contributed by atoms with Crippen LogP contribution in [0, 0.1) is 6.92 Å². The number of aliphatic hydroxyl groups is 1. The van der Waals surface area contributed by atoms with E-state index in [0.717, 1.165) is 10.9 Å². The van der Waals surface area contributed by atoms with Gasteiger partial charge in [0.15, 0.2) is 6.23 Å². The van der Waals surface area contributed by atoms with Crippen LogP contribution in [0.5, 0.6) is 0 Å². The van der Waals surface area contributed by atoms with Gasteiger partial charge in [0.25, 0.3) is 5.91 Å². The summed E-state index contributed by atoms with van der Waals surface area (Å²) in [6.07, 6.45) is 0.932. The number of carbonyl (C=O) groups excluding carboxylic acids is 1. The number of aromatic nitrogens is 1. The van der Waals surface area contributed by atoms with E-state index < -0.39 is 6.23 Å². The molecule has 0 saturated carbocycles. The number of hydrogen-bond donors (Lipinski definition) is 1. The van der Waals surface area contributed by atoms with Gasteiger partial charge in [-0.1, -0.05) is 11.6 Å². The summed E-state index contributed by atoms with van der Waals surface area (Å²) < 4.78 is 1.72. The smallest absolute Gasteiger partial charge is 0.271 e. The van der Waals surface area contributed by atoms with E-state index >= 15 is 0 Å². The molecule has 0 bridgehead atoms. The highest BCUT2D eigenvalue weighted by Gasteiger charge is 2.35. The number of benzene rings is 1. The first-order chi connectivity index (χ1) is 9.00. The standard InChI is InChI=1S/C15H16N2O2/c1-9-4-5-13-12(8-9)6-7-16(13)17-14(18)10(2)11(3)15(17)19/h4-8,14,18H,1-3H3. The second-order valence-corrected chi connectivity index (χ2v) is 5.05. The van der Waals surface area contributed by atoms with E-state index in [9.17, 15) is 9.90 Å². The molecule has 0 aliphatic carbocycles. The quantitative estimate of drug-likeness (QED) is 0.849. The van der Waals surface area contributed by atoms with Crippen LogP contribution in [0.25, 0.3) is 10.9 Å². The molecular formula is C15H16N2O2. The van der Waals surface area contributed by atoms with Crippen LogP contribution in [0.15, 0.2) is 41.6 Å². The van der Waals surface area contributed by atoms with Crippen molar-refractivity contribution >= 4 is 16.8 Å². The van der Waals surface area contributed by atoms with E-state index in [1.165, 1.54) is 10.6 Å². The van der Waals surface area contributed by atoms with Crippen molar-refractivity contribution < 1.29 is 9.90 Å². The fraction of sp³-hybridized carbons (Fsp3) is 0.267. The first-order valence-electron chi connectivity index (χ1n) is 6.27. The molecule has 1 N–H and O–H groups in total. The summed E-state index contributed by atoms with van der Waals surface area (Å²) in [6.45, 7) is 5.56. The van der Waals surface area contributed by atoms with Crippen molar-refractivity contribution in [3.05, 3.63) is 47.2 Å². The zero-order valence-corrected chi connectivity index (χ0v) is 11.2. The summed E-state index contributed by atoms with van der Waals surface area (Å²) in [5, 5.41) is 12.7. The number of amides is 1. The molecule has 2 heterocycles. The maximum atomic E-state index is 12.2. The Bertz CT molecular complexity index is 712. The number of aryl methyl sites for hydroxylation is 1. The second-order valence-electron chi connectivity index (χ2n) is 5.05. The topological polar surface area (TPSA) is 45.5 Å². The van der Waals surface area contributed by atoms with Crippen molar-refractivity contribution in [1.82, 2.24) is 4.68 Å². The van der Waals surface area contributed by atoms with Gasteiger partial charge in [-0.3, -0.25) is 9.47 Å². The third-order valence-corrected chi connectivity index (χ3v) is 3.80. The SMILES string of the molecule is CC1=C(C)C(O)N(n2ccc3cc(C)ccc32)C1=O. The monoisotopic (exact) mass is 256 g/mol. The Morgan fingerprint density at radius 1 is 1.16 bits per heavy atom. The molecule has 1 aliphatic heterocycles. The van der Waals surface area contributed by atoms with E-state index in [1.807, 2.05) is 31.3 Å². The van der Waals surface area contributed by atoms with Gasteiger partial charge in [-0.15, -0.1) is 0 Å². The molecule has 19 heavy (non-hydrogen) atoms. The molecule has 98 valence electrons. The Labute approximate surface area is 111 Å². The van der Waals surface area contributed by atoms with Crippen LogP contribution < -0.4 is 5.01 Å². The molecular weight excluding hydrogens is 240 g/mol. The van der Waals surface area contributed by atoms with Gasteiger partial charge in [-0.25, -0.2) is 5.01 Å². The van der Waals surface area contributed by atoms with Crippen molar-refractivity contribution in [2.24, 2.45) is 0 Å². The molecule has 0 fully saturated rings. The van der Waals surface area contributed by atoms with Crippen molar-refractivity contribution in [2.45, 2.75) is 27.0 Å². The zero-order valence-electron chi connectivity index (χ0n) is 11.2. The maximum absolute atomic E-state index is 12.2. The lowest BCUT2D eigenvalue weighted by molar-refractivity contribution is -0.117. The summed E-state index contributed by atoms with van der Waals surface area (Å²) in [6, 6.07) is 7.98. The van der Waals surface area contributed by atoms with Gasteiger partial charge in [-0.2, -0.15) is 0 Å². The summed E-state index contributed by atoms with van der Waals surface area (Å²) in [4.78, 5) is 12.2. The van der Waals surface area contributed by atoms with Gasteiger partial charge in [0.1, 0.15) is 0 Å². The second kappa shape index (κ2) is 3.96. The predicted molar refractivity (Wildman–Crippen MR) is 74.3 cm³/mol. The average molecular weight is 256 g/mol. The van der Waals surface area contributed by atoms with Crippen LogP contribution in [0.4, 0.5) is 0 Å². The highest BCUT2D eigenvalue weighted by molar-refractivity contribution is 6.05. The predicted octanol–water partition coefficient (Wildman–Crippen LogP) is 2.08. The minimum atomic E-state index is -0.885. The normalized spacial score (nSPS) is 19.9. The largest absolute Gasteiger partial charge is 0.368 e. The van der Waals surface area contributed by atoms with Crippen molar-refractivity contribution in [1.29, 1.82) is 0 Å². The maximum Gasteiger partial charge on any atom is 0.271 e. The van der Waals surface area contributed by atoms with Crippen LogP contribution in [-0.4, -0.2) is 21.9 Å². The van der Waals surface area contributed by atoms with Gasteiger partial charge in [0, 0.05) is 17.2 Å². The first-order valence-corrected chi connectivity index (χ1v) is 6.27. The summed E-state index contributed by atoms with van der Waals surface area (Å²) >= 11 is 0. The molecule has 0 saturated heterocycles. The van der Waals surface area contributed by atoms with Gasteiger partial charge in [0.05, 0.1) is 5.52 Å². The van der Waals surface area contributed by atoms with Crippen LogP contribution in [0.2, 0.25) is 0 Å². The Balaban J connectivity index is 2.14. The van der Waals surface area contributed by atoms with Crippen molar-refractivity contribution in [2.75, 3.05) is 5.01 Å². The fourth-order valence-corrected chi connectivity index (χ4v) is 2.48. The molecule has 4 nitrogen and oxygen atoms in total. The third-order valence-electron chi connectivity index (χ3n) is 3.80. The summed E-state index contributed by atoms with van der Waals surface area (Å²) in [7, 11) is 0. The molecule has 1 aliphatic rings. The highest BCUT2D eigenvalue weighted by Crippen LogP contribution is 2.26. The number of hydrogen-bond acceptors (Lipinski definition) is 2. The molecule has 1 amide bonds. The van der Waals surface area contributed by atoms with Crippen LogP contribution in [0.1, 0.15) is 19.4 Å². The van der Waals surface area contributed by atoms with Gasteiger partial charge < -0.3 is 5.11 Å². The Kier molecular flexibility index (Phi) is 2.50. The van der Waals surface area contributed by atoms with Crippen LogP contribution >= 0.6 is 0 Å². The van der Waals surface area contributed by atoms with E-state index in [0.29, 0.717) is 11.1 Å². The molecule has 4 heteroatoms. The number of rotatable bonds is 1. The molecule has 2 aromatic rings. The zero-order chi connectivity index (χ0) is 13.7. The van der Waals surface area contributed by atoms with Gasteiger partial charge in [-0.05, 0) is 44.5 Å². The summed E-state index contributed by atoms with van der Waals surface area (Å²) in [5.41, 5.74) is 3.41. The van der Waals surface area contributed by atoms with Gasteiger partial charge in [0.2, 0.25) is 0 Å². The van der Waals surface area contributed by atoms with Crippen molar-refractivity contribution in [3.63, 3.8) is 0 Å². The lowest BCUT2D eigenvalue weighted by Crippen LogP contribution is -2.43. The Hall–Kier alpha value is -2.07. The minimum Gasteiger partial charge on any atom is -0.368 e. The van der Waals surface area contributed by atoms with E-state index in [1.54, 1.807) is 18.5 Å². The number of fused-ring (bicyclic) bond motifs is 1. The molecule has 1 unspecified atom stereocenters. The lowest BCUT2D eigenvalue weighted by Gasteiger charge is -2.24. The molecule has 3 rings (SSSR count). The first kappa shape index (κ1) is 12.0. The van der Waals surface area contributed by atoms with E-state index in [-0.39, 0.29) is 5.91 Å². The average Bonchev–Trinajstić information content (AvgIpc) is 2.86. The van der Waals surface area contributed by atoms with E-state index in [4.69, 9.17) is 0 Å². The minimum absolute atomic E-state index is 0.150. The highest BCUT2D eigenvalue weighted by atomic mass is 16.3.